The first-order valence-corrected chi connectivity index (χ1v) is 10.3. The van der Waals surface area contributed by atoms with E-state index >= 15 is 0 Å². The van der Waals surface area contributed by atoms with Gasteiger partial charge in [0.1, 0.15) is 5.82 Å². The second-order valence-corrected chi connectivity index (χ2v) is 7.54. The molecule has 1 aromatic rings. The summed E-state index contributed by atoms with van der Waals surface area (Å²) in [6, 6.07) is 2.08. The summed E-state index contributed by atoms with van der Waals surface area (Å²) in [6.07, 6.45) is 5.62. The van der Waals surface area contributed by atoms with E-state index in [4.69, 9.17) is 4.98 Å². The maximum absolute atomic E-state index is 12.6. The summed E-state index contributed by atoms with van der Waals surface area (Å²) >= 11 is 0. The van der Waals surface area contributed by atoms with E-state index in [0.29, 0.717) is 5.91 Å². The molecule has 2 saturated heterocycles. The van der Waals surface area contributed by atoms with E-state index in [0.717, 1.165) is 69.6 Å². The van der Waals surface area contributed by atoms with Crippen molar-refractivity contribution in [3.8, 4) is 0 Å². The van der Waals surface area contributed by atoms with E-state index in [1.54, 1.807) is 0 Å². The van der Waals surface area contributed by atoms with Crippen LogP contribution in [0.5, 0.6) is 0 Å². The summed E-state index contributed by atoms with van der Waals surface area (Å²) in [6.45, 7) is 11.6. The minimum atomic E-state index is 0.175. The Morgan fingerprint density at radius 2 is 1.62 bits per heavy atom. The average Bonchev–Trinajstić information content (AvgIpc) is 2.69. The lowest BCUT2D eigenvalue weighted by atomic mass is 10.0. The largest absolute Gasteiger partial charge is 0.353 e. The Labute approximate surface area is 157 Å². The van der Waals surface area contributed by atoms with Crippen LogP contribution < -0.4 is 9.80 Å². The standard InChI is InChI=1S/C20H33N5O/c1-4-17(5-2)19(26)24-13-11-23(12-14-24)18-15-16(3)21-20(22-18)25-9-7-6-8-10-25/h15,17H,4-14H2,1-3H3. The van der Waals surface area contributed by atoms with Crippen molar-refractivity contribution in [2.45, 2.75) is 52.9 Å². The molecular formula is C20H33N5O. The summed E-state index contributed by atoms with van der Waals surface area (Å²) in [5, 5.41) is 0. The number of piperazine rings is 1. The Morgan fingerprint density at radius 1 is 0.962 bits per heavy atom. The molecule has 2 fully saturated rings. The maximum Gasteiger partial charge on any atom is 0.227 e. The molecule has 0 N–H and O–H groups in total. The highest BCUT2D eigenvalue weighted by Crippen LogP contribution is 2.22. The molecule has 3 heterocycles. The van der Waals surface area contributed by atoms with Gasteiger partial charge in [0.05, 0.1) is 0 Å². The molecule has 0 aromatic carbocycles. The van der Waals surface area contributed by atoms with E-state index in [-0.39, 0.29) is 5.92 Å². The van der Waals surface area contributed by atoms with E-state index in [9.17, 15) is 4.79 Å². The van der Waals surface area contributed by atoms with E-state index < -0.39 is 0 Å². The van der Waals surface area contributed by atoms with Gasteiger partial charge in [0.15, 0.2) is 0 Å². The fraction of sp³-hybridized carbons (Fsp3) is 0.750. The average molecular weight is 360 g/mol. The van der Waals surface area contributed by atoms with Gasteiger partial charge in [-0.05, 0) is 39.0 Å². The molecule has 0 unspecified atom stereocenters. The number of carbonyl (C=O) groups is 1. The van der Waals surface area contributed by atoms with Crippen LogP contribution in [0.1, 0.15) is 51.6 Å². The number of rotatable bonds is 5. The van der Waals surface area contributed by atoms with Gasteiger partial charge in [-0.15, -0.1) is 0 Å². The molecule has 2 aliphatic rings. The third-order valence-electron chi connectivity index (χ3n) is 5.72. The van der Waals surface area contributed by atoms with Crippen molar-refractivity contribution in [1.82, 2.24) is 14.9 Å². The van der Waals surface area contributed by atoms with Gasteiger partial charge in [-0.2, -0.15) is 4.98 Å². The van der Waals surface area contributed by atoms with Crippen LogP contribution >= 0.6 is 0 Å². The lowest BCUT2D eigenvalue weighted by Gasteiger charge is -2.37. The molecule has 0 spiro atoms. The number of aromatic nitrogens is 2. The van der Waals surface area contributed by atoms with Crippen LogP contribution in [0.4, 0.5) is 11.8 Å². The molecule has 1 aromatic heterocycles. The summed E-state index contributed by atoms with van der Waals surface area (Å²) < 4.78 is 0. The Kier molecular flexibility index (Phi) is 6.33. The monoisotopic (exact) mass is 359 g/mol. The number of hydrogen-bond donors (Lipinski definition) is 0. The minimum absolute atomic E-state index is 0.175. The van der Waals surface area contributed by atoms with Gasteiger partial charge in [0, 0.05) is 56.9 Å². The third kappa shape index (κ3) is 4.27. The Hall–Kier alpha value is -1.85. The van der Waals surface area contributed by atoms with Crippen LogP contribution in [0.2, 0.25) is 0 Å². The van der Waals surface area contributed by atoms with E-state index in [1.807, 2.05) is 11.8 Å². The SMILES string of the molecule is CCC(CC)C(=O)N1CCN(c2cc(C)nc(N3CCCCC3)n2)CC1. The summed E-state index contributed by atoms with van der Waals surface area (Å²) in [7, 11) is 0. The van der Waals surface area contributed by atoms with Crippen LogP contribution in [0.3, 0.4) is 0 Å². The normalized spacial score (nSPS) is 18.5. The van der Waals surface area contributed by atoms with Gasteiger partial charge in [0.25, 0.3) is 0 Å². The number of aryl methyl sites for hydroxylation is 1. The highest BCUT2D eigenvalue weighted by Gasteiger charge is 2.26. The van der Waals surface area contributed by atoms with Crippen LogP contribution in [0.15, 0.2) is 6.07 Å². The first-order chi connectivity index (χ1) is 12.6. The predicted octanol–water partition coefficient (Wildman–Crippen LogP) is 2.86. The summed E-state index contributed by atoms with van der Waals surface area (Å²) in [5.74, 6) is 2.37. The number of carbonyl (C=O) groups excluding carboxylic acids is 1. The van der Waals surface area contributed by atoms with Gasteiger partial charge >= 0.3 is 0 Å². The zero-order valence-corrected chi connectivity index (χ0v) is 16.6. The molecule has 0 radical (unpaired) electrons. The minimum Gasteiger partial charge on any atom is -0.353 e. The van der Waals surface area contributed by atoms with Gasteiger partial charge < -0.3 is 14.7 Å². The smallest absolute Gasteiger partial charge is 0.227 e. The molecule has 0 saturated carbocycles. The molecule has 0 aliphatic carbocycles. The molecule has 2 aliphatic heterocycles. The van der Waals surface area contributed by atoms with Crippen molar-refractivity contribution in [2.24, 2.45) is 5.92 Å². The van der Waals surface area contributed by atoms with Crippen molar-refractivity contribution >= 4 is 17.7 Å². The zero-order chi connectivity index (χ0) is 18.5. The van der Waals surface area contributed by atoms with Crippen molar-refractivity contribution in [3.63, 3.8) is 0 Å². The molecule has 6 heteroatoms. The van der Waals surface area contributed by atoms with Crippen molar-refractivity contribution in [2.75, 3.05) is 49.1 Å². The molecule has 26 heavy (non-hydrogen) atoms. The first kappa shape index (κ1) is 18.9. The fourth-order valence-corrected chi connectivity index (χ4v) is 3.99. The van der Waals surface area contributed by atoms with Crippen LogP contribution in [-0.4, -0.2) is 60.0 Å². The first-order valence-electron chi connectivity index (χ1n) is 10.3. The Balaban J connectivity index is 1.65. The second-order valence-electron chi connectivity index (χ2n) is 7.54. The van der Waals surface area contributed by atoms with Crippen molar-refractivity contribution < 1.29 is 4.79 Å². The lowest BCUT2D eigenvalue weighted by molar-refractivity contribution is -0.136. The quantitative estimate of drug-likeness (QED) is 0.809. The Morgan fingerprint density at radius 3 is 2.23 bits per heavy atom. The highest BCUT2D eigenvalue weighted by atomic mass is 16.2. The molecular weight excluding hydrogens is 326 g/mol. The number of amides is 1. The topological polar surface area (TPSA) is 52.6 Å². The van der Waals surface area contributed by atoms with Gasteiger partial charge in [-0.1, -0.05) is 13.8 Å². The number of anilines is 2. The van der Waals surface area contributed by atoms with E-state index in [1.165, 1.54) is 19.3 Å². The van der Waals surface area contributed by atoms with Gasteiger partial charge in [0.2, 0.25) is 11.9 Å². The molecule has 0 atom stereocenters. The predicted molar refractivity (Wildman–Crippen MR) is 106 cm³/mol. The van der Waals surface area contributed by atoms with Crippen molar-refractivity contribution in [1.29, 1.82) is 0 Å². The number of nitrogens with zero attached hydrogens (tertiary/aromatic N) is 5. The lowest BCUT2D eigenvalue weighted by Crippen LogP contribution is -2.50. The second kappa shape index (κ2) is 8.69. The van der Waals surface area contributed by atoms with Crippen LogP contribution in [0, 0.1) is 12.8 Å². The molecule has 1 amide bonds. The molecule has 3 rings (SSSR count). The van der Waals surface area contributed by atoms with E-state index in [2.05, 4.69) is 34.7 Å². The highest BCUT2D eigenvalue weighted by molar-refractivity contribution is 5.79. The molecule has 0 bridgehead atoms. The molecule has 144 valence electrons. The van der Waals surface area contributed by atoms with Crippen LogP contribution in [0.25, 0.3) is 0 Å². The third-order valence-corrected chi connectivity index (χ3v) is 5.72. The maximum atomic E-state index is 12.6. The van der Waals surface area contributed by atoms with Crippen LogP contribution in [-0.2, 0) is 4.79 Å². The molecule has 6 nitrogen and oxygen atoms in total. The van der Waals surface area contributed by atoms with Crippen molar-refractivity contribution in [3.05, 3.63) is 11.8 Å². The Bertz CT molecular complexity index is 602. The summed E-state index contributed by atoms with van der Waals surface area (Å²) in [5.41, 5.74) is 1.02. The number of hydrogen-bond acceptors (Lipinski definition) is 5. The summed E-state index contributed by atoms with van der Waals surface area (Å²) in [4.78, 5) is 28.8. The number of piperidine rings is 1. The fourth-order valence-electron chi connectivity index (χ4n) is 3.99. The van der Waals surface area contributed by atoms with Gasteiger partial charge in [-0.25, -0.2) is 4.98 Å². The zero-order valence-electron chi connectivity index (χ0n) is 16.6. The van der Waals surface area contributed by atoms with Gasteiger partial charge in [-0.3, -0.25) is 4.79 Å².